The lowest BCUT2D eigenvalue weighted by atomic mass is 10.1. The summed E-state index contributed by atoms with van der Waals surface area (Å²) in [5, 5.41) is 19.0. The average Bonchev–Trinajstić information content (AvgIpc) is 2.18. The molecule has 92 valence electrons. The Balaban J connectivity index is 3.07. The largest absolute Gasteiger partial charge is 0.508 e. The maximum absolute atomic E-state index is 11.9. The van der Waals surface area contributed by atoms with Gasteiger partial charge in [0.2, 0.25) is 0 Å². The van der Waals surface area contributed by atoms with Crippen LogP contribution in [0.25, 0.3) is 0 Å². The Morgan fingerprint density at radius 1 is 1.24 bits per heavy atom. The molecule has 0 saturated heterocycles. The van der Waals surface area contributed by atoms with E-state index in [1.54, 1.807) is 0 Å². The lowest BCUT2D eigenvalue weighted by molar-refractivity contribution is -0.167. The number of carbonyl (C=O) groups is 2. The highest BCUT2D eigenvalue weighted by Crippen LogP contribution is 2.24. The fourth-order valence-corrected chi connectivity index (χ4v) is 1.01. The lowest BCUT2D eigenvalue weighted by Crippen LogP contribution is -2.30. The normalized spacial score (nSPS) is 11.0. The number of phenols is 1. The van der Waals surface area contributed by atoms with Gasteiger partial charge in [-0.1, -0.05) is 0 Å². The van der Waals surface area contributed by atoms with Crippen molar-refractivity contribution in [3.8, 4) is 5.75 Å². The number of carbonyl (C=O) groups excluding carboxylic acids is 1. The van der Waals surface area contributed by atoms with E-state index in [0.717, 1.165) is 18.2 Å². The van der Waals surface area contributed by atoms with Crippen LogP contribution in [0, 0.1) is 0 Å². The molecule has 3 N–H and O–H groups in total. The fraction of sp³-hybridized carbons (Fsp3) is 0.111. The molecule has 0 spiro atoms. The van der Waals surface area contributed by atoms with Gasteiger partial charge in [0.25, 0.3) is 0 Å². The Kier molecular flexibility index (Phi) is 3.26. The van der Waals surface area contributed by atoms with Crippen LogP contribution in [0.5, 0.6) is 5.75 Å². The first-order chi connectivity index (χ1) is 7.71. The van der Waals surface area contributed by atoms with Crippen LogP contribution in [0.3, 0.4) is 0 Å². The van der Waals surface area contributed by atoms with E-state index in [1.807, 2.05) is 0 Å². The molecule has 1 rings (SSSR count). The summed E-state index contributed by atoms with van der Waals surface area (Å²) in [5.41, 5.74) is -1.18. The molecule has 0 aliphatic carbocycles. The Hall–Kier alpha value is -2.25. The highest BCUT2D eigenvalue weighted by atomic mass is 19.4. The van der Waals surface area contributed by atoms with E-state index in [2.05, 4.69) is 0 Å². The molecule has 0 saturated carbocycles. The van der Waals surface area contributed by atoms with Crippen LogP contribution in [-0.4, -0.2) is 28.3 Å². The highest BCUT2D eigenvalue weighted by Gasteiger charge is 2.39. The number of carboxylic acids is 1. The van der Waals surface area contributed by atoms with E-state index in [0.29, 0.717) is 0 Å². The molecule has 0 fully saturated rings. The number of anilines is 1. The summed E-state index contributed by atoms with van der Waals surface area (Å²) in [5.74, 6) is -4.29. The van der Waals surface area contributed by atoms with Crippen molar-refractivity contribution in [2.24, 2.45) is 0 Å². The minimum Gasteiger partial charge on any atom is -0.508 e. The van der Waals surface area contributed by atoms with Gasteiger partial charge < -0.3 is 15.5 Å². The molecule has 0 aliphatic heterocycles. The lowest BCUT2D eigenvalue weighted by Gasteiger charge is -2.10. The number of carboxylic acid groups (broad SMARTS) is 1. The maximum Gasteiger partial charge on any atom is 0.471 e. The second kappa shape index (κ2) is 4.32. The summed E-state index contributed by atoms with van der Waals surface area (Å²) in [6, 6.07) is 2.55. The first-order valence-electron chi connectivity index (χ1n) is 4.16. The summed E-state index contributed by atoms with van der Waals surface area (Å²) < 4.78 is 35.8. The summed E-state index contributed by atoms with van der Waals surface area (Å²) >= 11 is 0. The minimum atomic E-state index is -5.12. The number of aromatic carboxylic acids is 1. The van der Waals surface area contributed by atoms with Crippen LogP contribution in [0.15, 0.2) is 18.2 Å². The van der Waals surface area contributed by atoms with Crippen molar-refractivity contribution in [1.29, 1.82) is 0 Å². The standard InChI is InChI=1S/C9H6F3NO4/c10-9(11,12)8(17)13-6-2-1-4(14)3-5(6)7(15)16/h1-3,14H,(H,13,17)(H,15,16). The number of hydrogen-bond acceptors (Lipinski definition) is 3. The molecule has 0 bridgehead atoms. The van der Waals surface area contributed by atoms with Crippen molar-refractivity contribution in [3.63, 3.8) is 0 Å². The Morgan fingerprint density at radius 3 is 2.29 bits per heavy atom. The van der Waals surface area contributed by atoms with Gasteiger partial charge in [0, 0.05) is 0 Å². The Morgan fingerprint density at radius 2 is 1.82 bits per heavy atom. The molecule has 17 heavy (non-hydrogen) atoms. The van der Waals surface area contributed by atoms with Gasteiger partial charge in [-0.2, -0.15) is 13.2 Å². The van der Waals surface area contributed by atoms with Crippen LogP contribution >= 0.6 is 0 Å². The quantitative estimate of drug-likeness (QED) is 0.694. The molecule has 8 heteroatoms. The molecule has 1 amide bonds. The second-order valence-corrected chi connectivity index (χ2v) is 2.99. The molecule has 1 aromatic rings. The van der Waals surface area contributed by atoms with Crippen LogP contribution in [0.1, 0.15) is 10.4 Å². The number of phenolic OH excluding ortho intramolecular Hbond substituents is 1. The molecule has 0 radical (unpaired) electrons. The predicted octanol–water partition coefficient (Wildman–Crippen LogP) is 1.59. The van der Waals surface area contributed by atoms with Gasteiger partial charge in [0.15, 0.2) is 0 Å². The predicted molar refractivity (Wildman–Crippen MR) is 49.8 cm³/mol. The number of amides is 1. The van der Waals surface area contributed by atoms with E-state index in [1.165, 1.54) is 5.32 Å². The van der Waals surface area contributed by atoms with Crippen molar-refractivity contribution in [1.82, 2.24) is 0 Å². The summed E-state index contributed by atoms with van der Waals surface area (Å²) in [7, 11) is 0. The van der Waals surface area contributed by atoms with Crippen LogP contribution < -0.4 is 5.32 Å². The van der Waals surface area contributed by atoms with E-state index < -0.39 is 35.1 Å². The minimum absolute atomic E-state index is 0.438. The van der Waals surface area contributed by atoms with Gasteiger partial charge in [-0.3, -0.25) is 4.79 Å². The van der Waals surface area contributed by atoms with Gasteiger partial charge >= 0.3 is 18.1 Å². The average molecular weight is 249 g/mol. The van der Waals surface area contributed by atoms with Crippen LogP contribution in [-0.2, 0) is 4.79 Å². The van der Waals surface area contributed by atoms with Crippen molar-refractivity contribution in [2.45, 2.75) is 6.18 Å². The number of aromatic hydroxyl groups is 1. The Bertz CT molecular complexity index is 470. The van der Waals surface area contributed by atoms with Gasteiger partial charge in [-0.15, -0.1) is 0 Å². The Labute approximate surface area is 92.5 Å². The third-order valence-corrected chi connectivity index (χ3v) is 1.74. The zero-order chi connectivity index (χ0) is 13.2. The SMILES string of the molecule is O=C(O)c1cc(O)ccc1NC(=O)C(F)(F)F. The number of benzene rings is 1. The van der Waals surface area contributed by atoms with E-state index in [4.69, 9.17) is 10.2 Å². The summed E-state index contributed by atoms with van der Waals surface area (Å²) in [6.07, 6.45) is -5.12. The molecular formula is C9H6F3NO4. The van der Waals surface area contributed by atoms with Gasteiger partial charge in [0.1, 0.15) is 5.75 Å². The smallest absolute Gasteiger partial charge is 0.471 e. The second-order valence-electron chi connectivity index (χ2n) is 2.99. The first kappa shape index (κ1) is 12.8. The molecule has 0 heterocycles. The highest BCUT2D eigenvalue weighted by molar-refractivity contribution is 6.02. The third-order valence-electron chi connectivity index (χ3n) is 1.74. The number of hydrogen-bond donors (Lipinski definition) is 3. The van der Waals surface area contributed by atoms with E-state index >= 15 is 0 Å². The molecule has 5 nitrogen and oxygen atoms in total. The topological polar surface area (TPSA) is 86.6 Å². The summed E-state index contributed by atoms with van der Waals surface area (Å²) in [6.45, 7) is 0. The maximum atomic E-state index is 11.9. The molecule has 0 atom stereocenters. The monoisotopic (exact) mass is 249 g/mol. The van der Waals surface area contributed by atoms with Crippen molar-refractivity contribution in [3.05, 3.63) is 23.8 Å². The van der Waals surface area contributed by atoms with Gasteiger partial charge in [0.05, 0.1) is 11.3 Å². The van der Waals surface area contributed by atoms with E-state index in [9.17, 15) is 22.8 Å². The fourth-order valence-electron chi connectivity index (χ4n) is 1.01. The van der Waals surface area contributed by atoms with Crippen molar-refractivity contribution >= 4 is 17.6 Å². The third kappa shape index (κ3) is 3.10. The van der Waals surface area contributed by atoms with Gasteiger partial charge in [-0.05, 0) is 18.2 Å². The van der Waals surface area contributed by atoms with Crippen molar-refractivity contribution < 1.29 is 33.0 Å². The number of alkyl halides is 3. The van der Waals surface area contributed by atoms with E-state index in [-0.39, 0.29) is 0 Å². The zero-order valence-corrected chi connectivity index (χ0v) is 8.08. The number of nitrogens with one attached hydrogen (secondary N) is 1. The molecule has 1 aromatic carbocycles. The first-order valence-corrected chi connectivity index (χ1v) is 4.16. The van der Waals surface area contributed by atoms with Gasteiger partial charge in [-0.25, -0.2) is 4.79 Å². The van der Waals surface area contributed by atoms with Crippen LogP contribution in [0.4, 0.5) is 18.9 Å². The zero-order valence-electron chi connectivity index (χ0n) is 8.08. The molecule has 0 aliphatic rings. The number of rotatable bonds is 2. The summed E-state index contributed by atoms with van der Waals surface area (Å²) in [4.78, 5) is 21.3. The number of halogens is 3. The molecule has 0 unspecified atom stereocenters. The van der Waals surface area contributed by atoms with Crippen LogP contribution in [0.2, 0.25) is 0 Å². The molecule has 0 aromatic heterocycles. The van der Waals surface area contributed by atoms with Crippen molar-refractivity contribution in [2.75, 3.05) is 5.32 Å². The molecular weight excluding hydrogens is 243 g/mol.